The number of nitrogens with zero attached hydrogens (tertiary/aromatic N) is 4. The SMILES string of the molecule is CO[C@H]1CCOC[C@@H]1NC(=O)c1cc(-c2c(C)nn(C)c2C)nn1C. The van der Waals surface area contributed by atoms with Crippen LogP contribution in [0.3, 0.4) is 0 Å². The van der Waals surface area contributed by atoms with Gasteiger partial charge in [0.1, 0.15) is 5.69 Å². The van der Waals surface area contributed by atoms with Gasteiger partial charge >= 0.3 is 0 Å². The Morgan fingerprint density at radius 2 is 2.08 bits per heavy atom. The van der Waals surface area contributed by atoms with Gasteiger partial charge in [0.25, 0.3) is 5.91 Å². The van der Waals surface area contributed by atoms with Gasteiger partial charge in [-0.3, -0.25) is 14.2 Å². The van der Waals surface area contributed by atoms with Crippen molar-refractivity contribution in [2.24, 2.45) is 14.1 Å². The van der Waals surface area contributed by atoms with Gasteiger partial charge in [-0.2, -0.15) is 10.2 Å². The van der Waals surface area contributed by atoms with Crippen LogP contribution in [0.4, 0.5) is 0 Å². The highest BCUT2D eigenvalue weighted by Crippen LogP contribution is 2.26. The molecule has 1 N–H and O–H groups in total. The van der Waals surface area contributed by atoms with Crippen molar-refractivity contribution in [2.75, 3.05) is 20.3 Å². The lowest BCUT2D eigenvalue weighted by molar-refractivity contribution is -0.0350. The average molecular weight is 347 g/mol. The standard InChI is InChI=1S/C17H25N5O3/c1-10-16(11(2)21(3)19-10)12-8-14(22(4)20-12)17(23)18-13-9-25-7-6-15(13)24-5/h8,13,15H,6-7,9H2,1-5H3,(H,18,23)/t13-,15-/m0/s1. The first-order valence-corrected chi connectivity index (χ1v) is 8.38. The van der Waals surface area contributed by atoms with Crippen molar-refractivity contribution in [2.45, 2.75) is 32.4 Å². The summed E-state index contributed by atoms with van der Waals surface area (Å²) in [5.41, 5.74) is 4.12. The molecule has 1 aliphatic heterocycles. The van der Waals surface area contributed by atoms with E-state index < -0.39 is 0 Å². The Morgan fingerprint density at radius 3 is 2.72 bits per heavy atom. The molecule has 1 fully saturated rings. The number of rotatable bonds is 4. The summed E-state index contributed by atoms with van der Waals surface area (Å²) >= 11 is 0. The highest BCUT2D eigenvalue weighted by atomic mass is 16.5. The molecule has 3 heterocycles. The van der Waals surface area contributed by atoms with Crippen LogP contribution in [0.2, 0.25) is 0 Å². The normalized spacial score (nSPS) is 20.7. The highest BCUT2D eigenvalue weighted by Gasteiger charge is 2.28. The van der Waals surface area contributed by atoms with Crippen LogP contribution < -0.4 is 5.32 Å². The molecule has 2 aromatic heterocycles. The summed E-state index contributed by atoms with van der Waals surface area (Å²) in [4.78, 5) is 12.7. The molecule has 0 spiro atoms. The largest absolute Gasteiger partial charge is 0.379 e. The monoisotopic (exact) mass is 347 g/mol. The quantitative estimate of drug-likeness (QED) is 0.891. The van der Waals surface area contributed by atoms with Gasteiger partial charge in [-0.25, -0.2) is 0 Å². The molecule has 3 rings (SSSR count). The van der Waals surface area contributed by atoms with E-state index in [2.05, 4.69) is 15.5 Å². The average Bonchev–Trinajstić information content (AvgIpc) is 3.07. The van der Waals surface area contributed by atoms with E-state index >= 15 is 0 Å². The van der Waals surface area contributed by atoms with E-state index in [9.17, 15) is 4.79 Å². The summed E-state index contributed by atoms with van der Waals surface area (Å²) in [7, 11) is 5.33. The fourth-order valence-corrected chi connectivity index (χ4v) is 3.32. The Labute approximate surface area is 147 Å². The van der Waals surface area contributed by atoms with E-state index in [-0.39, 0.29) is 18.1 Å². The first-order valence-electron chi connectivity index (χ1n) is 8.38. The molecule has 0 unspecified atom stereocenters. The second-order valence-electron chi connectivity index (χ2n) is 6.43. The molecule has 136 valence electrons. The Kier molecular flexibility index (Phi) is 4.91. The minimum absolute atomic E-state index is 0.0341. The lowest BCUT2D eigenvalue weighted by Gasteiger charge is -2.30. The van der Waals surface area contributed by atoms with Gasteiger partial charge < -0.3 is 14.8 Å². The molecule has 0 radical (unpaired) electrons. The van der Waals surface area contributed by atoms with Crippen molar-refractivity contribution in [1.82, 2.24) is 24.9 Å². The van der Waals surface area contributed by atoms with Crippen molar-refractivity contribution < 1.29 is 14.3 Å². The molecule has 2 atom stereocenters. The third-order valence-corrected chi connectivity index (χ3v) is 4.79. The van der Waals surface area contributed by atoms with Crippen molar-refractivity contribution in [3.63, 3.8) is 0 Å². The number of hydrogen-bond acceptors (Lipinski definition) is 5. The van der Waals surface area contributed by atoms with Gasteiger partial charge in [0.05, 0.1) is 30.1 Å². The number of ether oxygens (including phenoxy) is 2. The number of aromatic nitrogens is 4. The first-order chi connectivity index (χ1) is 11.9. The number of carbonyl (C=O) groups excluding carboxylic acids is 1. The predicted octanol–water partition coefficient (Wildman–Crippen LogP) is 0.971. The fourth-order valence-electron chi connectivity index (χ4n) is 3.32. The third-order valence-electron chi connectivity index (χ3n) is 4.79. The summed E-state index contributed by atoms with van der Waals surface area (Å²) in [6.45, 7) is 5.04. The zero-order valence-corrected chi connectivity index (χ0v) is 15.4. The lowest BCUT2D eigenvalue weighted by atomic mass is 10.1. The van der Waals surface area contributed by atoms with E-state index in [1.54, 1.807) is 24.9 Å². The number of amides is 1. The maximum atomic E-state index is 12.7. The van der Waals surface area contributed by atoms with Gasteiger partial charge in [-0.1, -0.05) is 0 Å². The molecule has 1 saturated heterocycles. The molecule has 8 nitrogen and oxygen atoms in total. The number of nitrogens with one attached hydrogen (secondary N) is 1. The van der Waals surface area contributed by atoms with Crippen LogP contribution >= 0.6 is 0 Å². The maximum Gasteiger partial charge on any atom is 0.269 e. The van der Waals surface area contributed by atoms with E-state index in [1.165, 1.54) is 0 Å². The first kappa shape index (κ1) is 17.6. The molecule has 0 saturated carbocycles. The van der Waals surface area contributed by atoms with E-state index in [0.29, 0.717) is 18.9 Å². The van der Waals surface area contributed by atoms with Crippen molar-refractivity contribution in [3.8, 4) is 11.3 Å². The van der Waals surface area contributed by atoms with Gasteiger partial charge in [-0.05, 0) is 26.3 Å². The summed E-state index contributed by atoms with van der Waals surface area (Å²) in [6, 6.07) is 1.64. The highest BCUT2D eigenvalue weighted by molar-refractivity contribution is 5.94. The van der Waals surface area contributed by atoms with Crippen LogP contribution in [-0.4, -0.2) is 57.9 Å². The minimum atomic E-state index is -0.182. The van der Waals surface area contributed by atoms with Crippen LogP contribution in [0.5, 0.6) is 0 Å². The molecule has 0 aromatic carbocycles. The van der Waals surface area contributed by atoms with Crippen molar-refractivity contribution >= 4 is 5.91 Å². The van der Waals surface area contributed by atoms with Crippen LogP contribution in [0.15, 0.2) is 6.07 Å². The Balaban J connectivity index is 1.83. The summed E-state index contributed by atoms with van der Waals surface area (Å²) in [5, 5.41) is 11.9. The molecule has 0 aliphatic carbocycles. The second kappa shape index (κ2) is 6.97. The molecule has 0 bridgehead atoms. The van der Waals surface area contributed by atoms with Crippen molar-refractivity contribution in [3.05, 3.63) is 23.1 Å². The van der Waals surface area contributed by atoms with Crippen LogP contribution in [-0.2, 0) is 23.6 Å². The summed E-state index contributed by atoms with van der Waals surface area (Å²) in [5.74, 6) is -0.182. The minimum Gasteiger partial charge on any atom is -0.379 e. The third kappa shape index (κ3) is 3.32. The Hall–Kier alpha value is -2.19. The van der Waals surface area contributed by atoms with E-state index in [0.717, 1.165) is 29.1 Å². The van der Waals surface area contributed by atoms with Crippen LogP contribution in [0.1, 0.15) is 28.3 Å². The fraction of sp³-hybridized carbons (Fsp3) is 0.588. The summed E-state index contributed by atoms with van der Waals surface area (Å²) < 4.78 is 14.3. The molecule has 1 amide bonds. The van der Waals surface area contributed by atoms with Crippen LogP contribution in [0.25, 0.3) is 11.3 Å². The maximum absolute atomic E-state index is 12.7. The number of aryl methyl sites for hydroxylation is 3. The zero-order chi connectivity index (χ0) is 18.1. The Bertz CT molecular complexity index is 780. The van der Waals surface area contributed by atoms with Gasteiger partial charge in [0, 0.05) is 39.1 Å². The summed E-state index contributed by atoms with van der Waals surface area (Å²) in [6.07, 6.45) is 0.736. The predicted molar refractivity (Wildman–Crippen MR) is 92.4 cm³/mol. The lowest BCUT2D eigenvalue weighted by Crippen LogP contribution is -2.50. The smallest absolute Gasteiger partial charge is 0.269 e. The molecular formula is C17H25N5O3. The molecule has 1 aliphatic rings. The number of methoxy groups -OCH3 is 1. The number of hydrogen-bond donors (Lipinski definition) is 1. The van der Waals surface area contributed by atoms with Gasteiger partial charge in [-0.15, -0.1) is 0 Å². The zero-order valence-electron chi connectivity index (χ0n) is 15.4. The van der Waals surface area contributed by atoms with Crippen LogP contribution in [0, 0.1) is 13.8 Å². The van der Waals surface area contributed by atoms with E-state index in [4.69, 9.17) is 9.47 Å². The molecule has 8 heteroatoms. The topological polar surface area (TPSA) is 83.2 Å². The van der Waals surface area contributed by atoms with Crippen molar-refractivity contribution in [1.29, 1.82) is 0 Å². The molecular weight excluding hydrogens is 322 g/mol. The van der Waals surface area contributed by atoms with E-state index in [1.807, 2.05) is 25.6 Å². The Morgan fingerprint density at radius 1 is 1.32 bits per heavy atom. The second-order valence-corrected chi connectivity index (χ2v) is 6.43. The van der Waals surface area contributed by atoms with Gasteiger partial charge in [0.15, 0.2) is 0 Å². The number of carbonyl (C=O) groups is 1. The molecule has 25 heavy (non-hydrogen) atoms. The van der Waals surface area contributed by atoms with Gasteiger partial charge in [0.2, 0.25) is 0 Å². The molecule has 2 aromatic rings.